The third kappa shape index (κ3) is 13.9. The van der Waals surface area contributed by atoms with Gasteiger partial charge in [0.2, 0.25) is 15.9 Å². The number of nitrogens with one attached hydrogen (secondary N) is 1. The first-order valence-corrected chi connectivity index (χ1v) is 27.7. The summed E-state index contributed by atoms with van der Waals surface area (Å²) in [4.78, 5) is 32.4. The summed E-state index contributed by atoms with van der Waals surface area (Å²) in [5.74, 6) is -6.16. The lowest BCUT2D eigenvalue weighted by Gasteiger charge is -2.23. The van der Waals surface area contributed by atoms with Crippen molar-refractivity contribution in [3.05, 3.63) is 93.0 Å². The highest BCUT2D eigenvalue weighted by Crippen LogP contribution is 2.68. The predicted octanol–water partition coefficient (Wildman–Crippen LogP) is 7.24. The van der Waals surface area contributed by atoms with Gasteiger partial charge in [0.15, 0.2) is 21.3 Å². The molecule has 18 nitrogen and oxygen atoms in total. The summed E-state index contributed by atoms with van der Waals surface area (Å²) >= 11 is 6.66. The predicted molar refractivity (Wildman–Crippen MR) is 261 cm³/mol. The van der Waals surface area contributed by atoms with Crippen LogP contribution >= 0.6 is 11.6 Å². The van der Waals surface area contributed by atoms with E-state index in [2.05, 4.69) is 32.3 Å². The van der Waals surface area contributed by atoms with Crippen molar-refractivity contribution in [3.63, 3.8) is 0 Å². The highest BCUT2D eigenvalue weighted by atomic mass is 35.5. The molecule has 0 unspecified atom stereocenters. The molecule has 0 saturated heterocycles. The number of hydrogen-bond acceptors (Lipinski definition) is 14. The van der Waals surface area contributed by atoms with E-state index >= 15 is 8.78 Å². The van der Waals surface area contributed by atoms with E-state index < -0.39 is 155 Å². The minimum absolute atomic E-state index is 0.0422. The van der Waals surface area contributed by atoms with Crippen LogP contribution < -0.4 is 9.62 Å². The summed E-state index contributed by atoms with van der Waals surface area (Å²) in [6.45, 7) is -1.59. The van der Waals surface area contributed by atoms with E-state index in [1.54, 1.807) is 0 Å². The van der Waals surface area contributed by atoms with Crippen molar-refractivity contribution < 1.29 is 94.4 Å². The molecule has 2 aliphatic carbocycles. The molecule has 1 saturated carbocycles. The van der Waals surface area contributed by atoms with Gasteiger partial charge in [-0.25, -0.2) is 35.4 Å². The van der Waals surface area contributed by atoms with Crippen LogP contribution in [0.15, 0.2) is 42.5 Å². The number of rotatable bonds is 22. The zero-order valence-electron chi connectivity index (χ0n) is 41.9. The molecule has 3 heterocycles. The highest BCUT2D eigenvalue weighted by Gasteiger charge is 2.68. The first-order chi connectivity index (χ1) is 36.7. The Bertz CT molecular complexity index is 3420. The number of anilines is 1. The average molecular weight is 1190 g/mol. The number of aromatic nitrogens is 5. The molecule has 5 aromatic rings. The Kier molecular flexibility index (Phi) is 17.8. The number of carbonyl (C=O) groups excluding carboxylic acids is 2. The van der Waals surface area contributed by atoms with E-state index in [9.17, 15) is 61.5 Å². The summed E-state index contributed by atoms with van der Waals surface area (Å²) in [6, 6.07) is 4.67. The van der Waals surface area contributed by atoms with Gasteiger partial charge >= 0.3 is 18.4 Å². The lowest BCUT2D eigenvalue weighted by atomic mass is 9.93. The summed E-state index contributed by atoms with van der Waals surface area (Å²) in [5.41, 5.74) is -6.05. The topological polar surface area (TPSA) is 223 Å². The second-order valence-electron chi connectivity index (χ2n) is 18.7. The number of sulfone groups is 1. The van der Waals surface area contributed by atoms with E-state index in [1.807, 2.05) is 0 Å². The number of amides is 2. The molecule has 430 valence electrons. The number of fused-ring (bicyclic) bond motifs is 4. The lowest BCUT2D eigenvalue weighted by molar-refractivity contribution is -0.143. The Balaban J connectivity index is 1.37. The number of alkyl halides is 8. The molecule has 1 fully saturated rings. The van der Waals surface area contributed by atoms with E-state index in [-0.39, 0.29) is 88.7 Å². The van der Waals surface area contributed by atoms with Crippen LogP contribution in [0, 0.1) is 29.4 Å². The van der Waals surface area contributed by atoms with E-state index in [0.717, 1.165) is 42.7 Å². The number of pyridine rings is 1. The number of nitrogens with zero attached hydrogens (tertiary/aromatic N) is 6. The minimum Gasteiger partial charge on any atom is -0.446 e. The first-order valence-electron chi connectivity index (χ1n) is 23.5. The quantitative estimate of drug-likeness (QED) is 0.0396. The van der Waals surface area contributed by atoms with Crippen molar-refractivity contribution in [3.8, 4) is 23.0 Å². The van der Waals surface area contributed by atoms with Crippen molar-refractivity contribution >= 4 is 60.2 Å². The van der Waals surface area contributed by atoms with Gasteiger partial charge in [0.1, 0.15) is 47.5 Å². The maximum atomic E-state index is 15.6. The van der Waals surface area contributed by atoms with Gasteiger partial charge in [-0.1, -0.05) is 23.6 Å². The molecular weight excluding hydrogens is 1140 g/mol. The normalized spacial score (nSPS) is 16.5. The summed E-state index contributed by atoms with van der Waals surface area (Å²) in [7, 11) is -8.82. The number of hydrogen-bond donors (Lipinski definition) is 2. The Labute approximate surface area is 449 Å². The third-order valence-corrected chi connectivity index (χ3v) is 15.7. The minimum atomic E-state index is -5.24. The maximum absolute atomic E-state index is 15.6. The van der Waals surface area contributed by atoms with Gasteiger partial charge in [0.05, 0.1) is 80.2 Å². The van der Waals surface area contributed by atoms with Gasteiger partial charge in [-0.3, -0.25) is 14.2 Å². The van der Waals surface area contributed by atoms with Gasteiger partial charge < -0.3 is 29.4 Å². The second kappa shape index (κ2) is 23.2. The lowest BCUT2D eigenvalue weighted by Crippen LogP contribution is -2.37. The fourth-order valence-corrected chi connectivity index (χ4v) is 9.87. The Morgan fingerprint density at radius 2 is 1.49 bits per heavy atom. The molecule has 3 aromatic heterocycles. The molecule has 79 heavy (non-hydrogen) atoms. The molecule has 2 aromatic carbocycles. The molecule has 2 N–H and O–H groups in total. The van der Waals surface area contributed by atoms with Crippen molar-refractivity contribution in [2.24, 2.45) is 5.92 Å². The molecule has 31 heteroatoms. The van der Waals surface area contributed by atoms with Crippen LogP contribution in [0.5, 0.6) is 0 Å². The SMILES string of the molecule is CC(C)(C#Cc1ccc(-c2ccc(Cl)c3c(N(C(=O)OCCOCCOCCOCCO)S(C)(=O)=O)nn(CC(F)(F)F)c23)c([C@H](Cc2cc(F)cc(F)c2)NC(=O)Cn2nc(C(F)(F)F)c3c2C(F)(F)[C@@H]2C[C@H]32)n1)S(C)(=O)=O. The van der Waals surface area contributed by atoms with E-state index in [4.69, 9.17) is 35.7 Å². The average Bonchev–Trinajstić information content (AvgIpc) is 3.71. The number of aliphatic hydroxyl groups excluding tert-OH is 1. The fraction of sp³-hybridized carbons (Fsp3) is 0.479. The fourth-order valence-electron chi connectivity index (χ4n) is 8.63. The summed E-state index contributed by atoms with van der Waals surface area (Å²) < 4.78 is 219. The number of aliphatic hydroxyl groups is 1. The van der Waals surface area contributed by atoms with Crippen molar-refractivity contribution in [2.45, 2.75) is 74.8 Å². The van der Waals surface area contributed by atoms with Crippen molar-refractivity contribution in [1.29, 1.82) is 0 Å². The monoisotopic (exact) mass is 1190 g/mol. The van der Waals surface area contributed by atoms with Gasteiger partial charge in [-0.15, -0.1) is 0 Å². The number of ether oxygens (including phenoxy) is 4. The Morgan fingerprint density at radius 1 is 0.886 bits per heavy atom. The standard InChI is InChI=1S/C48H48ClF10N7O11S2/c1-45(2,78(3,70)71)10-9-29-5-6-30(39(60-29)35(21-26-19-27(50)22-28(51)20-26)61-36(68)24-64-42-37(41(62-64)48(57,58)59)32-23-33(32)47(42,55)56)31-7-8-34(49)38-40(31)65(25-46(52,53)54)63-43(38)66(79(4,72)73)44(69)77-18-17-76-16-15-75-14-13-74-12-11-67/h5-8,19-20,22,32-33,35,67H,11-18,21,23-25H2,1-4H3,(H,61,68)/t32-,33+,35-/m0/s1. The maximum Gasteiger partial charge on any atom is 0.435 e. The third-order valence-electron chi connectivity index (χ3n) is 12.4. The first kappa shape index (κ1) is 60.5. The van der Waals surface area contributed by atoms with Crippen molar-refractivity contribution in [2.75, 3.05) is 69.7 Å². The second-order valence-corrected chi connectivity index (χ2v) is 23.5. The van der Waals surface area contributed by atoms with Gasteiger partial charge in [-0.05, 0) is 74.4 Å². The van der Waals surface area contributed by atoms with Crippen molar-refractivity contribution in [1.82, 2.24) is 29.9 Å². The zero-order valence-corrected chi connectivity index (χ0v) is 44.3. The molecule has 7 rings (SSSR count). The highest BCUT2D eigenvalue weighted by molar-refractivity contribution is 7.93. The number of sulfonamides is 1. The molecule has 3 atom stereocenters. The van der Waals surface area contributed by atoms with Gasteiger partial charge in [0.25, 0.3) is 5.92 Å². The molecule has 2 amide bonds. The van der Waals surface area contributed by atoms with Crippen LogP contribution in [-0.2, 0) is 75.2 Å². The zero-order chi connectivity index (χ0) is 58.2. The molecule has 0 radical (unpaired) electrons. The van der Waals surface area contributed by atoms with Crippen LogP contribution in [0.2, 0.25) is 5.02 Å². The molecular formula is C48H48ClF10N7O11S2. The van der Waals surface area contributed by atoms with Gasteiger partial charge in [0, 0.05) is 34.9 Å². The van der Waals surface area contributed by atoms with Crippen LogP contribution in [0.4, 0.5) is 54.5 Å². The van der Waals surface area contributed by atoms with E-state index in [1.165, 1.54) is 13.8 Å². The largest absolute Gasteiger partial charge is 0.446 e. The number of halogens is 11. The molecule has 0 aliphatic heterocycles. The molecule has 2 aliphatic rings. The van der Waals surface area contributed by atoms with Crippen LogP contribution in [0.1, 0.15) is 66.1 Å². The van der Waals surface area contributed by atoms with Crippen LogP contribution in [-0.4, -0.2) is 135 Å². The number of benzene rings is 2. The summed E-state index contributed by atoms with van der Waals surface area (Å²) in [6.07, 6.45) is -11.7. The Morgan fingerprint density at radius 3 is 2.08 bits per heavy atom. The van der Waals surface area contributed by atoms with Gasteiger partial charge in [-0.2, -0.15) is 49.6 Å². The summed E-state index contributed by atoms with van der Waals surface area (Å²) in [5, 5.41) is 17.4. The molecule has 0 spiro atoms. The Hall–Kier alpha value is -6.10. The van der Waals surface area contributed by atoms with Crippen LogP contribution in [0.25, 0.3) is 22.0 Å². The smallest absolute Gasteiger partial charge is 0.435 e. The van der Waals surface area contributed by atoms with E-state index in [0.29, 0.717) is 12.3 Å². The molecule has 0 bridgehead atoms. The number of carbonyl (C=O) groups is 2. The van der Waals surface area contributed by atoms with Crippen LogP contribution in [0.3, 0.4) is 0 Å².